The fourth-order valence-electron chi connectivity index (χ4n) is 2.28. The summed E-state index contributed by atoms with van der Waals surface area (Å²) in [6.45, 7) is 7.04. The summed E-state index contributed by atoms with van der Waals surface area (Å²) in [6.07, 6.45) is 11.3. The van der Waals surface area contributed by atoms with Crippen LogP contribution in [-0.2, 0) is 0 Å². The van der Waals surface area contributed by atoms with E-state index in [1.807, 2.05) is 0 Å². The van der Waals surface area contributed by atoms with Gasteiger partial charge in [-0.1, -0.05) is 51.3 Å². The minimum absolute atomic E-state index is 0.760. The smallest absolute Gasteiger partial charge is 0.106 e. The Labute approximate surface area is 96.3 Å². The summed E-state index contributed by atoms with van der Waals surface area (Å²) in [6, 6.07) is 0. The first-order valence-corrected chi connectivity index (χ1v) is 6.51. The van der Waals surface area contributed by atoms with Crippen LogP contribution in [0.4, 0.5) is 0 Å². The molecule has 0 N–H and O–H groups in total. The summed E-state index contributed by atoms with van der Waals surface area (Å²) >= 11 is 0. The number of hydrogen-bond acceptors (Lipinski definition) is 0. The van der Waals surface area contributed by atoms with Crippen molar-refractivity contribution in [1.82, 2.24) is 0 Å². The minimum Gasteiger partial charge on any atom is -0.106 e. The fraction of sp³-hybridized carbons (Fsp3) is 0.714. The first-order valence-electron chi connectivity index (χ1n) is 6.51. The molecule has 2 atom stereocenters. The van der Waals surface area contributed by atoms with Crippen LogP contribution in [0.15, 0.2) is 23.2 Å². The Kier molecular flexibility index (Phi) is 5.21. The summed E-state index contributed by atoms with van der Waals surface area (Å²) in [4.78, 5) is 0. The van der Waals surface area contributed by atoms with Crippen LogP contribution in [0.5, 0.6) is 0 Å². The van der Waals surface area contributed by atoms with Gasteiger partial charge in [-0.2, -0.15) is 0 Å². The molecule has 0 aromatic heterocycles. The third kappa shape index (κ3) is 3.89. The van der Waals surface area contributed by atoms with Crippen LogP contribution in [0.25, 0.3) is 0 Å². The molecule has 0 aromatic rings. The molecular formula is C14H25B. The van der Waals surface area contributed by atoms with Gasteiger partial charge in [0.25, 0.3) is 0 Å². The normalized spacial score (nSPS) is 20.5. The molecule has 0 amide bonds. The molecule has 0 nitrogen and oxygen atoms in total. The van der Waals surface area contributed by atoms with Gasteiger partial charge in [-0.05, 0) is 31.1 Å². The Morgan fingerprint density at radius 1 is 1.33 bits per heavy atom. The number of hydrogen-bond donors (Lipinski definition) is 0. The molecule has 1 rings (SSSR count). The van der Waals surface area contributed by atoms with E-state index >= 15 is 0 Å². The highest BCUT2D eigenvalue weighted by Crippen LogP contribution is 2.27. The molecule has 0 saturated heterocycles. The van der Waals surface area contributed by atoms with Gasteiger partial charge < -0.3 is 0 Å². The molecule has 2 unspecified atom stereocenters. The van der Waals surface area contributed by atoms with Gasteiger partial charge in [0.15, 0.2) is 0 Å². The van der Waals surface area contributed by atoms with Gasteiger partial charge in [-0.25, -0.2) is 0 Å². The lowest BCUT2D eigenvalue weighted by Crippen LogP contribution is -2.06. The molecular weight excluding hydrogens is 179 g/mol. The summed E-state index contributed by atoms with van der Waals surface area (Å²) in [7, 11) is 2.30. The Balaban J connectivity index is 2.46. The van der Waals surface area contributed by atoms with Crippen LogP contribution in [0, 0.1) is 11.8 Å². The molecule has 0 radical (unpaired) electrons. The number of allylic oxidation sites excluding steroid dienone is 4. The third-order valence-electron chi connectivity index (χ3n) is 3.80. The van der Waals surface area contributed by atoms with Crippen LogP contribution in [0.1, 0.15) is 52.9 Å². The average molecular weight is 204 g/mol. The zero-order valence-electron chi connectivity index (χ0n) is 10.8. The van der Waals surface area contributed by atoms with Gasteiger partial charge in [0.1, 0.15) is 7.85 Å². The van der Waals surface area contributed by atoms with Crippen molar-refractivity contribution in [3.05, 3.63) is 23.2 Å². The van der Waals surface area contributed by atoms with E-state index in [1.165, 1.54) is 32.1 Å². The lowest BCUT2D eigenvalue weighted by atomic mass is 9.77. The largest absolute Gasteiger partial charge is 0.134 e. The van der Waals surface area contributed by atoms with Crippen molar-refractivity contribution < 1.29 is 0 Å². The molecule has 1 aliphatic rings. The zero-order chi connectivity index (χ0) is 11.3. The average Bonchev–Trinajstić information content (AvgIpc) is 2.26. The van der Waals surface area contributed by atoms with Crippen molar-refractivity contribution in [3.8, 4) is 0 Å². The maximum absolute atomic E-state index is 2.39. The first kappa shape index (κ1) is 12.6. The van der Waals surface area contributed by atoms with E-state index < -0.39 is 0 Å². The molecule has 84 valence electrons. The molecule has 0 fully saturated rings. The van der Waals surface area contributed by atoms with Crippen molar-refractivity contribution in [2.75, 3.05) is 0 Å². The van der Waals surface area contributed by atoms with Gasteiger partial charge in [0.2, 0.25) is 0 Å². The highest BCUT2D eigenvalue weighted by Gasteiger charge is 2.12. The molecule has 0 spiro atoms. The van der Waals surface area contributed by atoms with Gasteiger partial charge >= 0.3 is 0 Å². The van der Waals surface area contributed by atoms with E-state index in [1.54, 1.807) is 11.0 Å². The predicted molar refractivity (Wildman–Crippen MR) is 71.8 cm³/mol. The standard InChI is InChI=1S/C14H25B/c1-4-11(2)9-10-12(3)13-7-5-6-8-14(13)15/h5,7,11-12H,4,6,8-10,15H2,1-3H3. The van der Waals surface area contributed by atoms with Crippen LogP contribution >= 0.6 is 0 Å². The SMILES string of the molecule is BC1=C(C(C)CCC(C)CC)C=CCC1. The molecule has 0 heterocycles. The maximum Gasteiger partial charge on any atom is 0.134 e. The van der Waals surface area contributed by atoms with Gasteiger partial charge in [-0.3, -0.25) is 0 Å². The van der Waals surface area contributed by atoms with E-state index in [9.17, 15) is 0 Å². The maximum atomic E-state index is 2.39. The molecule has 15 heavy (non-hydrogen) atoms. The second-order valence-electron chi connectivity index (χ2n) is 5.17. The summed E-state index contributed by atoms with van der Waals surface area (Å²) in [5.74, 6) is 1.65. The molecule has 0 saturated carbocycles. The van der Waals surface area contributed by atoms with Crippen LogP contribution in [-0.4, -0.2) is 7.85 Å². The summed E-state index contributed by atoms with van der Waals surface area (Å²) < 4.78 is 0. The number of rotatable bonds is 5. The third-order valence-corrected chi connectivity index (χ3v) is 3.80. The summed E-state index contributed by atoms with van der Waals surface area (Å²) in [5.41, 5.74) is 3.23. The Bertz CT molecular complexity index is 250. The van der Waals surface area contributed by atoms with Crippen LogP contribution < -0.4 is 0 Å². The first-order chi connectivity index (χ1) is 7.15. The van der Waals surface area contributed by atoms with Crippen molar-refractivity contribution >= 4 is 7.85 Å². The van der Waals surface area contributed by atoms with Crippen LogP contribution in [0.2, 0.25) is 0 Å². The fourth-order valence-corrected chi connectivity index (χ4v) is 2.28. The summed E-state index contributed by atoms with van der Waals surface area (Å²) in [5, 5.41) is 0. The topological polar surface area (TPSA) is 0 Å². The predicted octanol–water partition coefficient (Wildman–Crippen LogP) is 3.69. The van der Waals surface area contributed by atoms with E-state index in [2.05, 4.69) is 40.8 Å². The molecule has 0 bridgehead atoms. The lowest BCUT2D eigenvalue weighted by molar-refractivity contribution is 0.452. The monoisotopic (exact) mass is 204 g/mol. The highest BCUT2D eigenvalue weighted by molar-refractivity contribution is 6.22. The van der Waals surface area contributed by atoms with Crippen LogP contribution in [0.3, 0.4) is 0 Å². The quantitative estimate of drug-likeness (QED) is 0.599. The van der Waals surface area contributed by atoms with E-state index in [-0.39, 0.29) is 0 Å². The molecule has 1 heteroatoms. The molecule has 0 aliphatic heterocycles. The lowest BCUT2D eigenvalue weighted by Gasteiger charge is -2.20. The zero-order valence-corrected chi connectivity index (χ0v) is 10.8. The Morgan fingerprint density at radius 2 is 2.07 bits per heavy atom. The van der Waals surface area contributed by atoms with E-state index in [4.69, 9.17) is 0 Å². The molecule has 1 aliphatic carbocycles. The van der Waals surface area contributed by atoms with Crippen molar-refractivity contribution in [2.45, 2.75) is 52.9 Å². The molecule has 0 aromatic carbocycles. The second kappa shape index (κ2) is 6.20. The Morgan fingerprint density at radius 3 is 2.67 bits per heavy atom. The van der Waals surface area contributed by atoms with E-state index in [0.717, 1.165) is 11.8 Å². The van der Waals surface area contributed by atoms with Crippen molar-refractivity contribution in [1.29, 1.82) is 0 Å². The second-order valence-corrected chi connectivity index (χ2v) is 5.17. The van der Waals surface area contributed by atoms with E-state index in [0.29, 0.717) is 0 Å². The Hall–Kier alpha value is -0.455. The van der Waals surface area contributed by atoms with Gasteiger partial charge in [-0.15, -0.1) is 5.47 Å². The van der Waals surface area contributed by atoms with Crippen molar-refractivity contribution in [2.24, 2.45) is 11.8 Å². The van der Waals surface area contributed by atoms with Crippen molar-refractivity contribution in [3.63, 3.8) is 0 Å². The van der Waals surface area contributed by atoms with Gasteiger partial charge in [0.05, 0.1) is 0 Å². The van der Waals surface area contributed by atoms with Gasteiger partial charge in [0, 0.05) is 0 Å². The minimum atomic E-state index is 0.760. The highest BCUT2D eigenvalue weighted by atomic mass is 14.2.